The number of hydrogen-bond acceptors (Lipinski definition) is 5. The van der Waals surface area contributed by atoms with Gasteiger partial charge in [0.15, 0.2) is 0 Å². The van der Waals surface area contributed by atoms with E-state index in [4.69, 9.17) is 17.0 Å². The first-order chi connectivity index (χ1) is 8.45. The van der Waals surface area contributed by atoms with Gasteiger partial charge in [-0.25, -0.2) is 0 Å². The minimum absolute atomic E-state index is 0.254. The van der Waals surface area contributed by atoms with Crippen molar-refractivity contribution >= 4 is 45.2 Å². The van der Waals surface area contributed by atoms with Crippen LogP contribution in [0.25, 0.3) is 0 Å². The van der Waals surface area contributed by atoms with Gasteiger partial charge >= 0.3 is 5.97 Å². The molecular formula is C13H16O2S3. The molecule has 0 spiro atoms. The van der Waals surface area contributed by atoms with Crippen LogP contribution in [0, 0.1) is 0 Å². The summed E-state index contributed by atoms with van der Waals surface area (Å²) in [6.45, 7) is 3.64. The first kappa shape index (κ1) is 15.5. The Labute approximate surface area is 122 Å². The molecular weight excluding hydrogens is 284 g/mol. The second kappa shape index (κ2) is 7.16. The van der Waals surface area contributed by atoms with E-state index in [1.165, 1.54) is 24.4 Å². The van der Waals surface area contributed by atoms with Gasteiger partial charge in [0.05, 0.1) is 7.11 Å². The maximum absolute atomic E-state index is 11.5. The van der Waals surface area contributed by atoms with Crippen LogP contribution in [-0.4, -0.2) is 21.4 Å². The molecule has 0 aliphatic carbocycles. The molecule has 0 bridgehead atoms. The Bertz CT molecular complexity index is 416. The SMILES string of the molecule is COC(=O)C(C)(C)SC(=S)SCc1ccccc1. The molecule has 0 saturated carbocycles. The molecule has 0 radical (unpaired) electrons. The van der Waals surface area contributed by atoms with Crippen LogP contribution in [0.3, 0.4) is 0 Å². The molecule has 0 N–H and O–H groups in total. The van der Waals surface area contributed by atoms with Gasteiger partial charge in [-0.2, -0.15) is 0 Å². The van der Waals surface area contributed by atoms with Crippen molar-refractivity contribution in [3.8, 4) is 0 Å². The fraction of sp³-hybridized carbons (Fsp3) is 0.385. The Hall–Kier alpha value is -0.520. The molecule has 0 unspecified atom stereocenters. The number of ether oxygens (including phenoxy) is 1. The van der Waals surface area contributed by atoms with E-state index in [1.54, 1.807) is 11.8 Å². The van der Waals surface area contributed by atoms with Gasteiger partial charge in [0.2, 0.25) is 0 Å². The van der Waals surface area contributed by atoms with Gasteiger partial charge in [-0.1, -0.05) is 54.3 Å². The average molecular weight is 300 g/mol. The zero-order valence-electron chi connectivity index (χ0n) is 10.6. The van der Waals surface area contributed by atoms with Crippen molar-refractivity contribution in [3.05, 3.63) is 35.9 Å². The molecule has 18 heavy (non-hydrogen) atoms. The van der Waals surface area contributed by atoms with Crippen LogP contribution in [0.4, 0.5) is 0 Å². The number of hydrogen-bond donors (Lipinski definition) is 0. The molecule has 1 rings (SSSR count). The lowest BCUT2D eigenvalue weighted by Gasteiger charge is -2.20. The summed E-state index contributed by atoms with van der Waals surface area (Å²) in [7, 11) is 1.39. The van der Waals surface area contributed by atoms with Gasteiger partial charge in [-0.05, 0) is 19.4 Å². The summed E-state index contributed by atoms with van der Waals surface area (Å²) in [5.74, 6) is 0.569. The van der Waals surface area contributed by atoms with Gasteiger partial charge in [-0.3, -0.25) is 4.79 Å². The zero-order valence-corrected chi connectivity index (χ0v) is 13.1. The number of carbonyl (C=O) groups is 1. The van der Waals surface area contributed by atoms with E-state index in [9.17, 15) is 4.79 Å². The molecule has 2 nitrogen and oxygen atoms in total. The third-order valence-electron chi connectivity index (χ3n) is 2.21. The second-order valence-electron chi connectivity index (χ2n) is 4.13. The predicted molar refractivity (Wildman–Crippen MR) is 84.0 cm³/mol. The van der Waals surface area contributed by atoms with E-state index in [1.807, 2.05) is 32.0 Å². The van der Waals surface area contributed by atoms with Crippen LogP contribution in [0.1, 0.15) is 19.4 Å². The molecule has 0 fully saturated rings. The van der Waals surface area contributed by atoms with Crippen molar-refractivity contribution in [2.24, 2.45) is 0 Å². The molecule has 0 aromatic heterocycles. The van der Waals surface area contributed by atoms with Crippen molar-refractivity contribution in [1.82, 2.24) is 0 Å². The molecule has 5 heteroatoms. The predicted octanol–water partition coefficient (Wildman–Crippen LogP) is 3.89. The van der Waals surface area contributed by atoms with Crippen molar-refractivity contribution in [2.75, 3.05) is 7.11 Å². The highest BCUT2D eigenvalue weighted by Gasteiger charge is 2.31. The van der Waals surface area contributed by atoms with E-state index in [0.29, 0.717) is 0 Å². The van der Waals surface area contributed by atoms with Crippen molar-refractivity contribution in [2.45, 2.75) is 24.3 Å². The molecule has 98 valence electrons. The summed E-state index contributed by atoms with van der Waals surface area (Å²) in [6, 6.07) is 10.1. The van der Waals surface area contributed by atoms with Gasteiger partial charge in [-0.15, -0.1) is 11.8 Å². The summed E-state index contributed by atoms with van der Waals surface area (Å²) >= 11 is 8.23. The standard InChI is InChI=1S/C13H16O2S3/c1-13(2,11(14)15-3)18-12(16)17-9-10-7-5-4-6-8-10/h4-8H,9H2,1-3H3. The number of thioether (sulfide) groups is 2. The third-order valence-corrected chi connectivity index (χ3v) is 4.98. The van der Waals surface area contributed by atoms with Gasteiger partial charge in [0, 0.05) is 5.75 Å². The normalized spacial score (nSPS) is 11.1. The maximum atomic E-state index is 11.5. The average Bonchev–Trinajstić information content (AvgIpc) is 2.36. The lowest BCUT2D eigenvalue weighted by molar-refractivity contribution is -0.142. The Morgan fingerprint density at radius 2 is 1.94 bits per heavy atom. The molecule has 0 heterocycles. The maximum Gasteiger partial charge on any atom is 0.321 e. The fourth-order valence-electron chi connectivity index (χ4n) is 1.24. The Morgan fingerprint density at radius 3 is 2.50 bits per heavy atom. The minimum atomic E-state index is -0.629. The zero-order chi connectivity index (χ0) is 13.6. The van der Waals surface area contributed by atoms with Gasteiger partial charge < -0.3 is 4.74 Å². The van der Waals surface area contributed by atoms with Crippen LogP contribution in [0.2, 0.25) is 0 Å². The Kier molecular flexibility index (Phi) is 6.18. The first-order valence-electron chi connectivity index (χ1n) is 5.44. The third kappa shape index (κ3) is 5.00. The second-order valence-corrected chi connectivity index (χ2v) is 7.93. The molecule has 1 aromatic rings. The highest BCUT2D eigenvalue weighted by Crippen LogP contribution is 2.33. The topological polar surface area (TPSA) is 26.3 Å². The number of esters is 1. The van der Waals surface area contributed by atoms with E-state index < -0.39 is 4.75 Å². The van der Waals surface area contributed by atoms with Gasteiger partial charge in [0.25, 0.3) is 0 Å². The summed E-state index contributed by atoms with van der Waals surface area (Å²) in [5.41, 5.74) is 1.22. The summed E-state index contributed by atoms with van der Waals surface area (Å²) in [4.78, 5) is 11.5. The first-order valence-corrected chi connectivity index (χ1v) is 7.65. The lowest BCUT2D eigenvalue weighted by Crippen LogP contribution is -2.29. The van der Waals surface area contributed by atoms with Crippen molar-refractivity contribution in [1.29, 1.82) is 0 Å². The lowest BCUT2D eigenvalue weighted by atomic mass is 10.2. The molecule has 0 aliphatic rings. The van der Waals surface area contributed by atoms with Crippen molar-refractivity contribution < 1.29 is 9.53 Å². The van der Waals surface area contributed by atoms with E-state index in [0.717, 1.165) is 9.28 Å². The van der Waals surface area contributed by atoms with E-state index in [-0.39, 0.29) is 5.97 Å². The molecule has 0 aliphatic heterocycles. The largest absolute Gasteiger partial charge is 0.468 e. The van der Waals surface area contributed by atoms with Gasteiger partial charge in [0.1, 0.15) is 8.28 Å². The van der Waals surface area contributed by atoms with E-state index >= 15 is 0 Å². The molecule has 0 atom stereocenters. The summed E-state index contributed by atoms with van der Waals surface area (Å²) in [5, 5.41) is 0. The minimum Gasteiger partial charge on any atom is -0.468 e. The van der Waals surface area contributed by atoms with Crippen LogP contribution in [0.15, 0.2) is 30.3 Å². The Morgan fingerprint density at radius 1 is 1.33 bits per heavy atom. The number of rotatable bonds is 4. The van der Waals surface area contributed by atoms with Crippen molar-refractivity contribution in [3.63, 3.8) is 0 Å². The quantitative estimate of drug-likeness (QED) is 0.621. The monoisotopic (exact) mass is 300 g/mol. The van der Waals surface area contributed by atoms with Crippen LogP contribution >= 0.6 is 35.7 Å². The number of carbonyl (C=O) groups excluding carboxylic acids is 1. The van der Waals surface area contributed by atoms with E-state index in [2.05, 4.69) is 12.1 Å². The summed E-state index contributed by atoms with van der Waals surface area (Å²) < 4.78 is 4.88. The number of benzene rings is 1. The van der Waals surface area contributed by atoms with Crippen LogP contribution in [0.5, 0.6) is 0 Å². The number of thiocarbonyl (C=S) groups is 1. The molecule has 1 aromatic carbocycles. The Balaban J connectivity index is 2.45. The molecule has 0 saturated heterocycles. The van der Waals surface area contributed by atoms with Crippen LogP contribution in [-0.2, 0) is 15.3 Å². The smallest absolute Gasteiger partial charge is 0.321 e. The summed E-state index contributed by atoms with van der Waals surface area (Å²) in [6.07, 6.45) is 0. The fourth-order valence-corrected chi connectivity index (χ4v) is 4.14. The molecule has 0 amide bonds. The highest BCUT2D eigenvalue weighted by molar-refractivity contribution is 8.47. The number of methoxy groups -OCH3 is 1. The van der Waals surface area contributed by atoms with Crippen LogP contribution < -0.4 is 0 Å². The highest BCUT2D eigenvalue weighted by atomic mass is 32.2.